The van der Waals surface area contributed by atoms with E-state index < -0.39 is 11.5 Å². The number of hydrogen-bond donors (Lipinski definition) is 0. The molecule has 0 spiro atoms. The fourth-order valence-corrected chi connectivity index (χ4v) is 1.85. The van der Waals surface area contributed by atoms with Crippen molar-refractivity contribution in [2.75, 3.05) is 0 Å². The summed E-state index contributed by atoms with van der Waals surface area (Å²) in [5.41, 5.74) is -1.22. The molecule has 0 saturated heterocycles. The van der Waals surface area contributed by atoms with Crippen LogP contribution in [0.3, 0.4) is 0 Å². The lowest BCUT2D eigenvalue weighted by Crippen LogP contribution is -2.51. The van der Waals surface area contributed by atoms with Gasteiger partial charge in [-0.2, -0.15) is 0 Å². The van der Waals surface area contributed by atoms with Crippen molar-refractivity contribution in [3.05, 3.63) is 11.4 Å². The average Bonchev–Trinajstić information content (AvgIpc) is 2.05. The van der Waals surface area contributed by atoms with Crippen molar-refractivity contribution >= 4 is 5.97 Å². The van der Waals surface area contributed by atoms with Gasteiger partial charge < -0.3 is 14.7 Å². The second kappa shape index (κ2) is 3.14. The number of carboxylic acids is 1. The van der Waals surface area contributed by atoms with Crippen LogP contribution in [0.2, 0.25) is 0 Å². The Morgan fingerprint density at radius 1 is 1.67 bits per heavy atom. The Morgan fingerprint density at radius 3 is 2.67 bits per heavy atom. The number of carboxylic acid groups (broad SMARTS) is 1. The Hall–Kier alpha value is -1.04. The van der Waals surface area contributed by atoms with Crippen LogP contribution in [0.15, 0.2) is 0 Å². The van der Waals surface area contributed by atoms with E-state index in [0.717, 1.165) is 19.3 Å². The predicted molar refractivity (Wildman–Crippen MR) is 42.0 cm³/mol. The molecular weight excluding hydrogens is 154 g/mol. The Kier molecular flexibility index (Phi) is 2.37. The number of aliphatic carboxylic acids is 1. The minimum atomic E-state index is -1.22. The molecule has 0 bridgehead atoms. The van der Waals surface area contributed by atoms with Crippen LogP contribution in [0, 0.1) is 12.5 Å². The highest BCUT2D eigenvalue weighted by molar-refractivity contribution is 5.79. The van der Waals surface area contributed by atoms with Gasteiger partial charge in [-0.3, -0.25) is 0 Å². The van der Waals surface area contributed by atoms with E-state index in [9.17, 15) is 9.90 Å². The van der Waals surface area contributed by atoms with Gasteiger partial charge in [0.15, 0.2) is 0 Å². The van der Waals surface area contributed by atoms with Gasteiger partial charge >= 0.3 is 0 Å². The Labute approximate surface area is 72.2 Å². The summed E-state index contributed by atoms with van der Waals surface area (Å²) in [7, 11) is 0. The summed E-state index contributed by atoms with van der Waals surface area (Å²) in [6.07, 6.45) is 3.16. The van der Waals surface area contributed by atoms with Gasteiger partial charge in [0.05, 0.1) is 0 Å². The van der Waals surface area contributed by atoms with Crippen molar-refractivity contribution in [2.45, 2.75) is 38.1 Å². The number of carbonyl (C=O) groups excluding carboxylic acids is 1. The number of hydrogen-bond acceptors (Lipinski definition) is 2. The summed E-state index contributed by atoms with van der Waals surface area (Å²) in [5, 5.41) is 10.8. The molecule has 2 atom stereocenters. The molecule has 0 aromatic carbocycles. The molecule has 1 aliphatic carbocycles. The van der Waals surface area contributed by atoms with E-state index in [2.05, 4.69) is 4.85 Å². The molecule has 0 aliphatic heterocycles. The molecule has 66 valence electrons. The summed E-state index contributed by atoms with van der Waals surface area (Å²) < 4.78 is 0. The lowest BCUT2D eigenvalue weighted by atomic mass is 9.74. The summed E-state index contributed by atoms with van der Waals surface area (Å²) in [5.74, 6) is -1.25. The van der Waals surface area contributed by atoms with Crippen LogP contribution >= 0.6 is 0 Å². The molecule has 0 N–H and O–H groups in total. The van der Waals surface area contributed by atoms with Crippen LogP contribution in [0.5, 0.6) is 0 Å². The van der Waals surface area contributed by atoms with E-state index in [1.165, 1.54) is 0 Å². The average molecular weight is 166 g/mol. The minimum Gasteiger partial charge on any atom is -0.542 e. The molecule has 12 heavy (non-hydrogen) atoms. The molecule has 3 nitrogen and oxygen atoms in total. The molecule has 0 amide bonds. The van der Waals surface area contributed by atoms with Crippen molar-refractivity contribution in [3.8, 4) is 0 Å². The van der Waals surface area contributed by atoms with Crippen molar-refractivity contribution in [1.29, 1.82) is 0 Å². The van der Waals surface area contributed by atoms with Crippen molar-refractivity contribution in [1.82, 2.24) is 0 Å². The van der Waals surface area contributed by atoms with Crippen LogP contribution < -0.4 is 5.11 Å². The Balaban J connectivity index is 2.90. The van der Waals surface area contributed by atoms with E-state index in [-0.39, 0.29) is 5.92 Å². The topological polar surface area (TPSA) is 44.5 Å². The molecule has 3 heteroatoms. The quantitative estimate of drug-likeness (QED) is 0.535. The zero-order valence-corrected chi connectivity index (χ0v) is 7.17. The first-order chi connectivity index (χ1) is 5.63. The highest BCUT2D eigenvalue weighted by Gasteiger charge is 2.46. The largest absolute Gasteiger partial charge is 0.542 e. The smallest absolute Gasteiger partial charge is 0.274 e. The summed E-state index contributed by atoms with van der Waals surface area (Å²) in [4.78, 5) is 14.0. The minimum absolute atomic E-state index is 0.0613. The first-order valence-electron chi connectivity index (χ1n) is 4.23. The third-order valence-electron chi connectivity index (χ3n) is 2.81. The molecule has 1 aliphatic rings. The fraction of sp³-hybridized carbons (Fsp3) is 0.778. The van der Waals surface area contributed by atoms with Crippen LogP contribution in [0.4, 0.5) is 0 Å². The normalized spacial score (nSPS) is 35.5. The molecule has 0 aromatic heterocycles. The van der Waals surface area contributed by atoms with Crippen molar-refractivity contribution in [3.63, 3.8) is 0 Å². The SMILES string of the molecule is [C-]#[N+]C1(C(=O)[O-])CCCCC1C. The lowest BCUT2D eigenvalue weighted by Gasteiger charge is -2.32. The van der Waals surface area contributed by atoms with Crippen molar-refractivity contribution in [2.24, 2.45) is 5.92 Å². The fourth-order valence-electron chi connectivity index (χ4n) is 1.85. The monoisotopic (exact) mass is 166 g/mol. The van der Waals surface area contributed by atoms with E-state index in [1.54, 1.807) is 0 Å². The zero-order chi connectivity index (χ0) is 9.19. The van der Waals surface area contributed by atoms with Gasteiger partial charge in [0.25, 0.3) is 5.54 Å². The van der Waals surface area contributed by atoms with Gasteiger partial charge in [-0.25, -0.2) is 6.57 Å². The first kappa shape index (κ1) is 9.05. The number of nitrogens with zero attached hydrogens (tertiary/aromatic N) is 1. The van der Waals surface area contributed by atoms with E-state index in [0.29, 0.717) is 6.42 Å². The van der Waals surface area contributed by atoms with Gasteiger partial charge in [-0.05, 0) is 12.8 Å². The maximum absolute atomic E-state index is 10.8. The van der Waals surface area contributed by atoms with Crippen LogP contribution in [-0.2, 0) is 4.79 Å². The lowest BCUT2D eigenvalue weighted by molar-refractivity contribution is -0.313. The highest BCUT2D eigenvalue weighted by atomic mass is 16.4. The van der Waals surface area contributed by atoms with E-state index >= 15 is 0 Å². The van der Waals surface area contributed by atoms with Crippen LogP contribution in [0.25, 0.3) is 4.85 Å². The molecule has 0 radical (unpaired) electrons. The number of rotatable bonds is 1. The van der Waals surface area contributed by atoms with Gasteiger partial charge in [-0.15, -0.1) is 0 Å². The van der Waals surface area contributed by atoms with E-state index in [4.69, 9.17) is 6.57 Å². The molecule has 1 saturated carbocycles. The van der Waals surface area contributed by atoms with Crippen molar-refractivity contribution < 1.29 is 9.90 Å². The van der Waals surface area contributed by atoms with Gasteiger partial charge in [-0.1, -0.05) is 13.3 Å². The maximum atomic E-state index is 10.8. The molecule has 1 rings (SSSR count). The molecule has 1 fully saturated rings. The van der Waals surface area contributed by atoms with Crippen LogP contribution in [-0.4, -0.2) is 11.5 Å². The third kappa shape index (κ3) is 1.18. The second-order valence-corrected chi connectivity index (χ2v) is 3.47. The first-order valence-corrected chi connectivity index (χ1v) is 4.23. The third-order valence-corrected chi connectivity index (χ3v) is 2.81. The predicted octanol–water partition coefficient (Wildman–Crippen LogP) is 0.604. The summed E-state index contributed by atoms with van der Waals surface area (Å²) in [6, 6.07) is 0. The number of carbonyl (C=O) groups is 1. The summed E-state index contributed by atoms with van der Waals surface area (Å²) in [6.45, 7) is 8.74. The molecule has 2 unspecified atom stereocenters. The zero-order valence-electron chi connectivity index (χ0n) is 7.17. The van der Waals surface area contributed by atoms with Gasteiger partial charge in [0.2, 0.25) is 0 Å². The van der Waals surface area contributed by atoms with Gasteiger partial charge in [0, 0.05) is 12.3 Å². The second-order valence-electron chi connectivity index (χ2n) is 3.47. The van der Waals surface area contributed by atoms with Gasteiger partial charge in [0.1, 0.15) is 5.97 Å². The molecule has 0 heterocycles. The molecular formula is C9H12NO2-. The standard InChI is InChI=1S/C9H13NO2/c1-7-5-3-4-6-9(7,10-2)8(11)12/h7H,3-6H2,1H3,(H,11,12)/p-1. The Bertz CT molecular complexity index is 231. The van der Waals surface area contributed by atoms with E-state index in [1.807, 2.05) is 6.92 Å². The van der Waals surface area contributed by atoms with Crippen LogP contribution in [0.1, 0.15) is 32.6 Å². The maximum Gasteiger partial charge on any atom is 0.274 e. The summed E-state index contributed by atoms with van der Waals surface area (Å²) >= 11 is 0. The molecule has 0 aromatic rings. The highest BCUT2D eigenvalue weighted by Crippen LogP contribution is 2.36. The Morgan fingerprint density at radius 2 is 2.33 bits per heavy atom.